The van der Waals surface area contributed by atoms with Gasteiger partial charge in [-0.2, -0.15) is 0 Å². The van der Waals surface area contributed by atoms with Crippen LogP contribution in [0.15, 0.2) is 84.4 Å². The van der Waals surface area contributed by atoms with Gasteiger partial charge in [0.25, 0.3) is 5.91 Å². The van der Waals surface area contributed by atoms with Crippen molar-refractivity contribution in [1.29, 1.82) is 0 Å². The number of benzene rings is 2. The molecule has 0 aliphatic rings. The fraction of sp³-hybridized carbons (Fsp3) is 0.147. The molecule has 4 N–H and O–H groups in total. The van der Waals surface area contributed by atoms with Gasteiger partial charge in [0.2, 0.25) is 0 Å². The van der Waals surface area contributed by atoms with E-state index in [1.54, 1.807) is 18.4 Å². The second-order valence-corrected chi connectivity index (χ2v) is 11.2. The molecule has 0 spiro atoms. The number of hydrogen-bond donors (Lipinski definition) is 3. The van der Waals surface area contributed by atoms with Crippen LogP contribution in [0.4, 0.5) is 11.5 Å². The second kappa shape index (κ2) is 12.1. The van der Waals surface area contributed by atoms with E-state index in [1.807, 2.05) is 91.5 Å². The molecule has 4 aromatic heterocycles. The highest BCUT2D eigenvalue weighted by atomic mass is 32.1. The van der Waals surface area contributed by atoms with Crippen LogP contribution in [0, 0.1) is 6.92 Å². The van der Waals surface area contributed by atoms with Crippen molar-refractivity contribution in [3.63, 3.8) is 0 Å². The SMILES string of the molecule is COc1cc(-c2csc3c(/C=C/CNCc4cccc(C)n4)cnc(N)c23)ccc1NC(=O)c1cc2ccccc2n1C. The zero-order valence-electron chi connectivity index (χ0n) is 24.2. The summed E-state index contributed by atoms with van der Waals surface area (Å²) < 4.78 is 8.66. The van der Waals surface area contributed by atoms with Gasteiger partial charge in [-0.25, -0.2) is 4.98 Å². The number of carbonyl (C=O) groups excluding carboxylic acids is 1. The lowest BCUT2D eigenvalue weighted by molar-refractivity contribution is 0.101. The average Bonchev–Trinajstić information content (AvgIpc) is 3.61. The van der Waals surface area contributed by atoms with E-state index in [9.17, 15) is 4.79 Å². The van der Waals surface area contributed by atoms with E-state index in [0.717, 1.165) is 49.1 Å². The van der Waals surface area contributed by atoms with Crippen LogP contribution in [0.25, 0.3) is 38.2 Å². The molecule has 0 fully saturated rings. The van der Waals surface area contributed by atoms with Crippen molar-refractivity contribution in [2.45, 2.75) is 13.5 Å². The average molecular weight is 589 g/mol. The zero-order valence-corrected chi connectivity index (χ0v) is 25.0. The highest BCUT2D eigenvalue weighted by Gasteiger charge is 2.18. The molecule has 216 valence electrons. The normalized spacial score (nSPS) is 11.5. The number of carbonyl (C=O) groups is 1. The van der Waals surface area contributed by atoms with Crippen molar-refractivity contribution in [3.8, 4) is 16.9 Å². The van der Waals surface area contributed by atoms with E-state index < -0.39 is 0 Å². The van der Waals surface area contributed by atoms with Gasteiger partial charge in [0.1, 0.15) is 17.3 Å². The largest absolute Gasteiger partial charge is 0.495 e. The number of rotatable bonds is 9. The summed E-state index contributed by atoms with van der Waals surface area (Å²) in [4.78, 5) is 22.3. The maximum atomic E-state index is 13.2. The third-order valence-corrected chi connectivity index (χ3v) is 8.44. The zero-order chi connectivity index (χ0) is 29.9. The number of ether oxygens (including phenoxy) is 1. The monoisotopic (exact) mass is 588 g/mol. The van der Waals surface area contributed by atoms with Gasteiger partial charge in [0, 0.05) is 64.1 Å². The lowest BCUT2D eigenvalue weighted by Crippen LogP contribution is -2.16. The number of pyridine rings is 2. The molecule has 0 aliphatic heterocycles. The van der Waals surface area contributed by atoms with Crippen LogP contribution in [0.5, 0.6) is 5.75 Å². The van der Waals surface area contributed by atoms with E-state index in [1.165, 1.54) is 0 Å². The molecule has 0 bridgehead atoms. The van der Waals surface area contributed by atoms with Crippen molar-refractivity contribution in [2.24, 2.45) is 7.05 Å². The molecule has 0 saturated heterocycles. The number of nitrogens with two attached hydrogens (primary N) is 1. The van der Waals surface area contributed by atoms with Gasteiger partial charge < -0.3 is 25.7 Å². The number of aryl methyl sites for hydroxylation is 2. The molecule has 43 heavy (non-hydrogen) atoms. The summed E-state index contributed by atoms with van der Waals surface area (Å²) in [5.74, 6) is 0.820. The van der Waals surface area contributed by atoms with Gasteiger partial charge in [-0.05, 0) is 54.3 Å². The van der Waals surface area contributed by atoms with Crippen LogP contribution in [0.3, 0.4) is 0 Å². The first kappa shape index (κ1) is 28.1. The van der Waals surface area contributed by atoms with Crippen LogP contribution in [-0.4, -0.2) is 34.1 Å². The first-order chi connectivity index (χ1) is 20.9. The van der Waals surface area contributed by atoms with E-state index in [2.05, 4.69) is 38.1 Å². The quantitative estimate of drug-likeness (QED) is 0.160. The molecule has 0 aliphatic carbocycles. The summed E-state index contributed by atoms with van der Waals surface area (Å²) in [6.07, 6.45) is 5.96. The number of amides is 1. The smallest absolute Gasteiger partial charge is 0.272 e. The van der Waals surface area contributed by atoms with Gasteiger partial charge in [-0.1, -0.05) is 42.5 Å². The first-order valence-electron chi connectivity index (χ1n) is 13.9. The Labute approximate surface area is 253 Å². The third kappa shape index (κ3) is 5.73. The summed E-state index contributed by atoms with van der Waals surface area (Å²) in [5, 5.41) is 10.4. The topological polar surface area (TPSA) is 107 Å². The number of thiophene rings is 1. The molecule has 0 atom stereocenters. The highest BCUT2D eigenvalue weighted by Crippen LogP contribution is 2.41. The Kier molecular flexibility index (Phi) is 7.91. The summed E-state index contributed by atoms with van der Waals surface area (Å²) >= 11 is 1.63. The molecule has 0 unspecified atom stereocenters. The fourth-order valence-electron chi connectivity index (χ4n) is 5.24. The van der Waals surface area contributed by atoms with Crippen molar-refractivity contribution in [2.75, 3.05) is 24.7 Å². The predicted molar refractivity (Wildman–Crippen MR) is 177 cm³/mol. The van der Waals surface area contributed by atoms with E-state index >= 15 is 0 Å². The standard InChI is InChI=1S/C34H32N6O2S/c1-21-8-6-11-25(38-21)19-36-15-7-10-24-18-37-33(35)31-26(20-43-32(24)31)22-13-14-27(30(17-22)42-3)39-34(41)29-16-23-9-4-5-12-28(23)40(29)2/h4-14,16-18,20,36H,15,19H2,1-3H3,(H2,35,37)(H,39,41)/b10-7+. The molecule has 6 aromatic rings. The summed E-state index contributed by atoms with van der Waals surface area (Å²) in [5.41, 5.74) is 13.5. The number of nitrogen functional groups attached to an aromatic ring is 1. The number of nitrogens with zero attached hydrogens (tertiary/aromatic N) is 3. The number of para-hydroxylation sites is 1. The number of hydrogen-bond acceptors (Lipinski definition) is 7. The van der Waals surface area contributed by atoms with Crippen LogP contribution < -0.4 is 21.1 Å². The van der Waals surface area contributed by atoms with Crippen molar-refractivity contribution >= 4 is 55.8 Å². The predicted octanol–water partition coefficient (Wildman–Crippen LogP) is 6.80. The Morgan fingerprint density at radius 3 is 2.79 bits per heavy atom. The van der Waals surface area contributed by atoms with Gasteiger partial charge in [0.15, 0.2) is 0 Å². The lowest BCUT2D eigenvalue weighted by Gasteiger charge is -2.13. The van der Waals surface area contributed by atoms with E-state index in [4.69, 9.17) is 10.5 Å². The van der Waals surface area contributed by atoms with Crippen molar-refractivity contribution in [1.82, 2.24) is 19.9 Å². The Hall–Kier alpha value is -4.99. The van der Waals surface area contributed by atoms with Crippen LogP contribution in [0.1, 0.15) is 27.4 Å². The van der Waals surface area contributed by atoms with E-state index in [0.29, 0.717) is 36.0 Å². The molecule has 6 rings (SSSR count). The molecule has 0 radical (unpaired) electrons. The maximum Gasteiger partial charge on any atom is 0.272 e. The van der Waals surface area contributed by atoms with Gasteiger partial charge in [-0.15, -0.1) is 11.3 Å². The van der Waals surface area contributed by atoms with Gasteiger partial charge in [-0.3, -0.25) is 9.78 Å². The molecular formula is C34H32N6O2S. The Bertz CT molecular complexity index is 1990. The molecule has 1 amide bonds. The van der Waals surface area contributed by atoms with Crippen molar-refractivity contribution in [3.05, 3.63) is 107 Å². The summed E-state index contributed by atoms with van der Waals surface area (Å²) in [7, 11) is 3.49. The third-order valence-electron chi connectivity index (χ3n) is 7.41. The summed E-state index contributed by atoms with van der Waals surface area (Å²) in [6, 6.07) is 21.6. The van der Waals surface area contributed by atoms with Crippen molar-refractivity contribution < 1.29 is 9.53 Å². The first-order valence-corrected chi connectivity index (χ1v) is 14.8. The van der Waals surface area contributed by atoms with E-state index in [-0.39, 0.29) is 5.91 Å². The van der Waals surface area contributed by atoms with Crippen LogP contribution >= 0.6 is 11.3 Å². The van der Waals surface area contributed by atoms with Gasteiger partial charge >= 0.3 is 0 Å². The number of anilines is 2. The molecule has 2 aromatic carbocycles. The number of nitrogens with one attached hydrogen (secondary N) is 2. The number of aromatic nitrogens is 3. The Morgan fingerprint density at radius 2 is 1.98 bits per heavy atom. The fourth-order valence-corrected chi connectivity index (χ4v) is 6.32. The highest BCUT2D eigenvalue weighted by molar-refractivity contribution is 7.18. The Balaban J connectivity index is 1.22. The van der Waals surface area contributed by atoms with Gasteiger partial charge in [0.05, 0.1) is 18.5 Å². The number of fused-ring (bicyclic) bond motifs is 2. The molecule has 9 heteroatoms. The minimum Gasteiger partial charge on any atom is -0.495 e. The molecule has 0 saturated carbocycles. The lowest BCUT2D eigenvalue weighted by atomic mass is 10.0. The summed E-state index contributed by atoms with van der Waals surface area (Å²) in [6.45, 7) is 3.39. The number of methoxy groups -OCH3 is 1. The second-order valence-electron chi connectivity index (χ2n) is 10.3. The van der Waals surface area contributed by atoms with Crippen LogP contribution in [0.2, 0.25) is 0 Å². The Morgan fingerprint density at radius 1 is 1.12 bits per heavy atom. The minimum absolute atomic E-state index is 0.208. The maximum absolute atomic E-state index is 13.2. The minimum atomic E-state index is -0.208. The van der Waals surface area contributed by atoms with Crippen LogP contribution in [-0.2, 0) is 13.6 Å². The molecule has 4 heterocycles. The molecular weight excluding hydrogens is 556 g/mol. The molecule has 8 nitrogen and oxygen atoms in total.